The Kier molecular flexibility index (Phi) is 9.47. The molecular formula is C37H44FN5O7. The van der Waals surface area contributed by atoms with Gasteiger partial charge in [-0.2, -0.15) is 14.4 Å². The number of hydrogen-bond acceptors (Lipinski definition) is 10. The Bertz CT molecular complexity index is 1870. The molecule has 50 heavy (non-hydrogen) atoms. The number of nitrogens with one attached hydrogen (secondary N) is 1. The summed E-state index contributed by atoms with van der Waals surface area (Å²) in [7, 11) is 0. The lowest BCUT2D eigenvalue weighted by Crippen LogP contribution is -2.44. The molecule has 1 spiro atoms. The van der Waals surface area contributed by atoms with E-state index in [-0.39, 0.29) is 47.1 Å². The fourth-order valence-electron chi connectivity index (χ4n) is 8.33. The van der Waals surface area contributed by atoms with Crippen LogP contribution in [0.25, 0.3) is 11.2 Å². The molecule has 2 aromatic heterocycles. The normalized spacial score (nSPS) is 23.3. The second-order valence-electron chi connectivity index (χ2n) is 14.9. The molecule has 2 N–H and O–H groups in total. The van der Waals surface area contributed by atoms with Gasteiger partial charge >= 0.3 is 18.0 Å². The Morgan fingerprint density at radius 3 is 2.56 bits per heavy atom. The predicted molar refractivity (Wildman–Crippen MR) is 180 cm³/mol. The third-order valence-electron chi connectivity index (χ3n) is 10.6. The number of amides is 1. The summed E-state index contributed by atoms with van der Waals surface area (Å²) < 4.78 is 33.8. The molecule has 0 bridgehead atoms. The van der Waals surface area contributed by atoms with E-state index in [1.54, 1.807) is 6.07 Å². The van der Waals surface area contributed by atoms with Gasteiger partial charge in [0.15, 0.2) is 22.6 Å². The lowest BCUT2D eigenvalue weighted by atomic mass is 9.55. The number of terminal acetylenes is 1. The van der Waals surface area contributed by atoms with Crippen molar-refractivity contribution < 1.29 is 38.1 Å². The number of hydrogen-bond donors (Lipinski definition) is 2. The number of carbonyl (C=O) groups excluding carboxylic acids is 3. The quantitative estimate of drug-likeness (QED) is 0.130. The lowest BCUT2D eigenvalue weighted by Gasteiger charge is -2.49. The van der Waals surface area contributed by atoms with E-state index < -0.39 is 48.0 Å². The second kappa shape index (κ2) is 13.4. The van der Waals surface area contributed by atoms with E-state index in [0.717, 1.165) is 36.8 Å². The van der Waals surface area contributed by atoms with Gasteiger partial charge in [0.25, 0.3) is 0 Å². The van der Waals surface area contributed by atoms with Crippen molar-refractivity contribution in [1.82, 2.24) is 19.5 Å². The number of fused-ring (bicyclic) bond motifs is 1. The van der Waals surface area contributed by atoms with Crippen LogP contribution in [0.5, 0.6) is 5.75 Å². The number of nitrogens with zero attached hydrogens (tertiary/aromatic N) is 4. The first kappa shape index (κ1) is 35.4. The van der Waals surface area contributed by atoms with Gasteiger partial charge in [-0.3, -0.25) is 19.0 Å². The summed E-state index contributed by atoms with van der Waals surface area (Å²) in [5.74, 6) is 1.27. The predicted octanol–water partition coefficient (Wildman–Crippen LogP) is 5.37. The molecule has 1 aliphatic heterocycles. The highest BCUT2D eigenvalue weighted by atomic mass is 19.1. The van der Waals surface area contributed by atoms with Crippen LogP contribution >= 0.6 is 0 Å². The van der Waals surface area contributed by atoms with E-state index in [0.29, 0.717) is 11.3 Å². The van der Waals surface area contributed by atoms with Crippen LogP contribution in [0.3, 0.4) is 0 Å². The number of rotatable bonds is 9. The van der Waals surface area contributed by atoms with Gasteiger partial charge in [-0.05, 0) is 62.1 Å². The highest BCUT2D eigenvalue weighted by Gasteiger charge is 2.52. The maximum Gasteiger partial charge on any atom is 0.312 e. The Morgan fingerprint density at radius 1 is 1.18 bits per heavy atom. The molecule has 1 amide bonds. The zero-order valence-corrected chi connectivity index (χ0v) is 29.2. The average molecular weight is 690 g/mol. The van der Waals surface area contributed by atoms with Crippen molar-refractivity contribution in [3.8, 4) is 18.1 Å². The van der Waals surface area contributed by atoms with Crippen LogP contribution in [0, 0.1) is 43.6 Å². The van der Waals surface area contributed by atoms with Crippen molar-refractivity contribution in [2.24, 2.45) is 11.3 Å². The van der Waals surface area contributed by atoms with Gasteiger partial charge in [0, 0.05) is 30.2 Å². The summed E-state index contributed by atoms with van der Waals surface area (Å²) >= 11 is 0. The standard InChI is InChI=1S/C37H44FN5O7/c1-7-37(19-44)26(49-28(46)18-35(5,6)29-22(3)13-21(2)14-25(29)48-23(4)45)15-27(50-37)43-20-39-30-31(41-34(38)42-32(30)43)40-33(47)24-16-36(17-24)11-9-8-10-12-36/h1,13-14,20,24,26-27,44H,8-12,15-19H2,2-6H3,(H,40,41,42,47)/t26-,27+,37+/m0/s1. The monoisotopic (exact) mass is 689 g/mol. The van der Waals surface area contributed by atoms with E-state index in [4.69, 9.17) is 20.6 Å². The number of aliphatic hydroxyl groups excluding tert-OH is 1. The van der Waals surface area contributed by atoms with E-state index in [1.807, 2.05) is 33.8 Å². The Balaban J connectivity index is 1.19. The summed E-state index contributed by atoms with van der Waals surface area (Å²) in [6.07, 6.45) is 11.5. The van der Waals surface area contributed by atoms with Gasteiger partial charge in [0.1, 0.15) is 18.1 Å². The average Bonchev–Trinajstić information content (AvgIpc) is 3.60. The zero-order valence-electron chi connectivity index (χ0n) is 29.2. The van der Waals surface area contributed by atoms with Crippen molar-refractivity contribution >= 4 is 34.8 Å². The van der Waals surface area contributed by atoms with Gasteiger partial charge in [0.2, 0.25) is 5.91 Å². The molecule has 3 aliphatic rings. The van der Waals surface area contributed by atoms with Crippen LogP contribution < -0.4 is 10.1 Å². The van der Waals surface area contributed by atoms with Gasteiger partial charge in [-0.15, -0.1) is 6.42 Å². The second-order valence-corrected chi connectivity index (χ2v) is 14.9. The number of aryl methyl sites for hydroxylation is 2. The third kappa shape index (κ3) is 6.71. The highest BCUT2D eigenvalue weighted by Crippen LogP contribution is 2.55. The third-order valence-corrected chi connectivity index (χ3v) is 10.6. The van der Waals surface area contributed by atoms with Crippen molar-refractivity contribution in [3.05, 3.63) is 41.2 Å². The molecule has 1 aromatic carbocycles. The molecule has 3 atom stereocenters. The van der Waals surface area contributed by atoms with E-state index >= 15 is 0 Å². The van der Waals surface area contributed by atoms with Crippen molar-refractivity contribution in [2.75, 3.05) is 11.9 Å². The van der Waals surface area contributed by atoms with Gasteiger partial charge in [0.05, 0.1) is 19.4 Å². The molecule has 1 saturated heterocycles. The molecule has 2 saturated carbocycles. The first-order valence-corrected chi connectivity index (χ1v) is 17.2. The number of aromatic nitrogens is 4. The number of esters is 2. The van der Waals surface area contributed by atoms with Gasteiger partial charge in [-0.25, -0.2) is 4.98 Å². The number of benzene rings is 1. The van der Waals surface area contributed by atoms with Crippen LogP contribution in [0.2, 0.25) is 0 Å². The Morgan fingerprint density at radius 2 is 1.90 bits per heavy atom. The summed E-state index contributed by atoms with van der Waals surface area (Å²) in [5, 5.41) is 13.2. The number of aliphatic hydroxyl groups is 1. The summed E-state index contributed by atoms with van der Waals surface area (Å²) in [6, 6.07) is 3.69. The van der Waals surface area contributed by atoms with Crippen LogP contribution in [-0.4, -0.2) is 60.8 Å². The number of ether oxygens (including phenoxy) is 3. The molecule has 0 unspecified atom stereocenters. The lowest BCUT2D eigenvalue weighted by molar-refractivity contribution is -0.160. The van der Waals surface area contributed by atoms with E-state index in [2.05, 4.69) is 26.2 Å². The minimum absolute atomic E-state index is 0.0118. The SMILES string of the molecule is C#C[C@]1(CO)O[C@@H](n2cnc3c(NC(=O)C4CC5(CCCCC5)C4)nc(F)nc32)C[C@@H]1OC(=O)CC(C)(C)c1c(C)cc(C)cc1OC(C)=O. The molecular weight excluding hydrogens is 645 g/mol. The molecule has 266 valence electrons. The Hall–Kier alpha value is -4.41. The van der Waals surface area contributed by atoms with Crippen molar-refractivity contribution in [3.63, 3.8) is 0 Å². The van der Waals surface area contributed by atoms with Crippen LogP contribution in [0.4, 0.5) is 10.2 Å². The van der Waals surface area contributed by atoms with E-state index in [9.17, 15) is 23.9 Å². The fraction of sp³-hybridized carbons (Fsp3) is 0.568. The molecule has 2 aliphatic carbocycles. The topological polar surface area (TPSA) is 155 Å². The summed E-state index contributed by atoms with van der Waals surface area (Å²) in [5.41, 5.74) is 0.315. The van der Waals surface area contributed by atoms with Gasteiger partial charge in [-0.1, -0.05) is 45.1 Å². The molecule has 3 fully saturated rings. The minimum atomic E-state index is -1.72. The molecule has 3 aromatic rings. The van der Waals surface area contributed by atoms with Crippen LogP contribution in [0.15, 0.2) is 18.5 Å². The first-order chi connectivity index (χ1) is 23.7. The summed E-state index contributed by atoms with van der Waals surface area (Å²) in [6.45, 7) is 8.09. The van der Waals surface area contributed by atoms with Crippen molar-refractivity contribution in [1.29, 1.82) is 0 Å². The molecule has 3 heterocycles. The van der Waals surface area contributed by atoms with Crippen molar-refractivity contribution in [2.45, 2.75) is 116 Å². The highest BCUT2D eigenvalue weighted by molar-refractivity contribution is 5.98. The molecule has 12 nitrogen and oxygen atoms in total. The number of anilines is 1. The number of imidazole rings is 1. The first-order valence-electron chi connectivity index (χ1n) is 17.2. The number of halogens is 1. The fourth-order valence-corrected chi connectivity index (χ4v) is 8.33. The van der Waals surface area contributed by atoms with Crippen LogP contribution in [0.1, 0.15) is 101 Å². The maximum atomic E-state index is 14.8. The zero-order chi connectivity index (χ0) is 36.0. The Labute approximate surface area is 290 Å². The largest absolute Gasteiger partial charge is 0.458 e. The molecule has 0 radical (unpaired) electrons. The minimum Gasteiger partial charge on any atom is -0.458 e. The summed E-state index contributed by atoms with van der Waals surface area (Å²) in [4.78, 5) is 50.7. The molecule has 6 rings (SSSR count). The maximum absolute atomic E-state index is 14.8. The van der Waals surface area contributed by atoms with Crippen LogP contribution in [-0.2, 0) is 29.3 Å². The van der Waals surface area contributed by atoms with Gasteiger partial charge < -0.3 is 24.6 Å². The smallest absolute Gasteiger partial charge is 0.312 e. The van der Waals surface area contributed by atoms with E-state index in [1.165, 1.54) is 37.1 Å². The number of carbonyl (C=O) groups is 3. The molecule has 13 heteroatoms.